The van der Waals surface area contributed by atoms with Gasteiger partial charge in [-0.3, -0.25) is 4.79 Å². The fourth-order valence-electron chi connectivity index (χ4n) is 3.88. The van der Waals surface area contributed by atoms with E-state index in [0.29, 0.717) is 18.1 Å². The monoisotopic (exact) mass is 433 g/mol. The summed E-state index contributed by atoms with van der Waals surface area (Å²) < 4.78 is 2.62. The first-order valence-electron chi connectivity index (χ1n) is 10.5. The number of amides is 1. The van der Waals surface area contributed by atoms with Crippen molar-refractivity contribution >= 4 is 32.7 Å². The van der Waals surface area contributed by atoms with Crippen LogP contribution >= 0.6 is 11.3 Å². The van der Waals surface area contributed by atoms with Crippen LogP contribution in [-0.2, 0) is 17.8 Å². The predicted octanol–water partition coefficient (Wildman–Crippen LogP) is 3.12. The van der Waals surface area contributed by atoms with Gasteiger partial charge < -0.3 is 10.2 Å². The lowest BCUT2D eigenvalue weighted by atomic mass is 10.2. The van der Waals surface area contributed by atoms with Crippen LogP contribution in [0.1, 0.15) is 31.0 Å². The average Bonchev–Trinajstić information content (AvgIpc) is 3.57. The molecular weight excluding hydrogens is 410 g/mol. The summed E-state index contributed by atoms with van der Waals surface area (Å²) in [6.07, 6.45) is 6.08. The third kappa shape index (κ3) is 3.88. The highest BCUT2D eigenvalue weighted by atomic mass is 32.1. The second-order valence-electron chi connectivity index (χ2n) is 7.48. The van der Waals surface area contributed by atoms with Crippen molar-refractivity contribution in [2.75, 3.05) is 11.4 Å². The summed E-state index contributed by atoms with van der Waals surface area (Å²) in [4.78, 5) is 29.1. The van der Waals surface area contributed by atoms with Crippen molar-refractivity contribution in [3.63, 3.8) is 0 Å². The lowest BCUT2D eigenvalue weighted by Gasteiger charge is -2.23. The Kier molecular flexibility index (Phi) is 5.33. The minimum Gasteiger partial charge on any atom is -0.350 e. The van der Waals surface area contributed by atoms with Crippen molar-refractivity contribution in [3.8, 4) is 5.95 Å². The first-order chi connectivity index (χ1) is 15.2. The SMILES string of the molecule is CCc1nc(-n2cccn2)nc2nc(N3CCCC3C(=O)NCc3ccccc3)sc12. The summed E-state index contributed by atoms with van der Waals surface area (Å²) in [5, 5.41) is 8.15. The van der Waals surface area contributed by atoms with E-state index in [4.69, 9.17) is 4.98 Å². The number of carbonyl (C=O) groups is 1. The zero-order chi connectivity index (χ0) is 21.2. The fourth-order valence-corrected chi connectivity index (χ4v) is 5.02. The molecule has 5 rings (SSSR count). The molecule has 1 unspecified atom stereocenters. The second-order valence-corrected chi connectivity index (χ2v) is 8.46. The first-order valence-corrected chi connectivity index (χ1v) is 11.3. The average molecular weight is 434 g/mol. The van der Waals surface area contributed by atoms with E-state index in [1.165, 1.54) is 0 Å². The van der Waals surface area contributed by atoms with Gasteiger partial charge in [0, 0.05) is 25.5 Å². The molecule has 1 aliphatic heterocycles. The van der Waals surface area contributed by atoms with E-state index in [1.54, 1.807) is 22.2 Å². The molecule has 1 aromatic carbocycles. The van der Waals surface area contributed by atoms with Crippen LogP contribution in [0.5, 0.6) is 0 Å². The van der Waals surface area contributed by atoms with Crippen LogP contribution in [-0.4, -0.2) is 43.2 Å². The first kappa shape index (κ1) is 19.6. The number of benzene rings is 1. The molecule has 1 fully saturated rings. The van der Waals surface area contributed by atoms with E-state index >= 15 is 0 Å². The number of rotatable bonds is 6. The molecule has 8 nitrogen and oxygen atoms in total. The van der Waals surface area contributed by atoms with Gasteiger partial charge in [0.1, 0.15) is 6.04 Å². The summed E-state index contributed by atoms with van der Waals surface area (Å²) in [6.45, 7) is 3.41. The minimum atomic E-state index is -0.215. The fraction of sp³-hybridized carbons (Fsp3) is 0.318. The van der Waals surface area contributed by atoms with Gasteiger partial charge in [-0.25, -0.2) is 9.67 Å². The second kappa shape index (κ2) is 8.43. The molecular formula is C22H23N7OS. The third-order valence-corrected chi connectivity index (χ3v) is 6.59. The highest BCUT2D eigenvalue weighted by Gasteiger charge is 2.33. The molecule has 0 radical (unpaired) electrons. The van der Waals surface area contributed by atoms with Crippen LogP contribution in [0, 0.1) is 0 Å². The third-order valence-electron chi connectivity index (χ3n) is 5.46. The molecule has 0 spiro atoms. The molecule has 158 valence electrons. The van der Waals surface area contributed by atoms with Crippen LogP contribution in [0.2, 0.25) is 0 Å². The van der Waals surface area contributed by atoms with E-state index in [0.717, 1.165) is 46.9 Å². The van der Waals surface area contributed by atoms with Crippen molar-refractivity contribution in [1.29, 1.82) is 0 Å². The van der Waals surface area contributed by atoms with Gasteiger partial charge in [0.15, 0.2) is 10.8 Å². The number of hydrogen-bond donors (Lipinski definition) is 1. The van der Waals surface area contributed by atoms with Gasteiger partial charge in [-0.2, -0.15) is 15.1 Å². The van der Waals surface area contributed by atoms with Crippen LogP contribution in [0.4, 0.5) is 5.13 Å². The normalized spacial score (nSPS) is 16.2. The summed E-state index contributed by atoms with van der Waals surface area (Å²) in [5.41, 5.74) is 2.70. The van der Waals surface area contributed by atoms with Crippen molar-refractivity contribution < 1.29 is 4.79 Å². The molecule has 3 aromatic heterocycles. The Bertz CT molecular complexity index is 1190. The summed E-state index contributed by atoms with van der Waals surface area (Å²) in [6, 6.07) is 11.6. The zero-order valence-corrected chi connectivity index (χ0v) is 18.0. The molecule has 31 heavy (non-hydrogen) atoms. The molecule has 0 bridgehead atoms. The quantitative estimate of drug-likeness (QED) is 0.503. The maximum absolute atomic E-state index is 12.9. The maximum Gasteiger partial charge on any atom is 0.252 e. The molecule has 1 saturated heterocycles. The van der Waals surface area contributed by atoms with Crippen LogP contribution in [0.3, 0.4) is 0 Å². The molecule has 0 saturated carbocycles. The number of aromatic nitrogens is 5. The van der Waals surface area contributed by atoms with Gasteiger partial charge in [-0.1, -0.05) is 48.6 Å². The summed E-state index contributed by atoms with van der Waals surface area (Å²) in [5.74, 6) is 0.560. The summed E-state index contributed by atoms with van der Waals surface area (Å²) >= 11 is 1.57. The number of carbonyl (C=O) groups excluding carboxylic acids is 1. The van der Waals surface area contributed by atoms with E-state index in [1.807, 2.05) is 42.6 Å². The lowest BCUT2D eigenvalue weighted by Crippen LogP contribution is -2.43. The van der Waals surface area contributed by atoms with E-state index < -0.39 is 0 Å². The highest BCUT2D eigenvalue weighted by molar-refractivity contribution is 7.22. The Balaban J connectivity index is 1.40. The number of hydrogen-bond acceptors (Lipinski definition) is 7. The highest BCUT2D eigenvalue weighted by Crippen LogP contribution is 2.34. The minimum absolute atomic E-state index is 0.0413. The van der Waals surface area contributed by atoms with E-state index in [2.05, 4.69) is 32.2 Å². The van der Waals surface area contributed by atoms with Gasteiger partial charge in [0.2, 0.25) is 5.91 Å². The predicted molar refractivity (Wildman–Crippen MR) is 120 cm³/mol. The Morgan fingerprint density at radius 1 is 1.19 bits per heavy atom. The molecule has 0 aliphatic carbocycles. The number of anilines is 1. The number of nitrogens with one attached hydrogen (secondary N) is 1. The Morgan fingerprint density at radius 2 is 2.06 bits per heavy atom. The standard InChI is InChI=1S/C22H23N7OS/c1-2-16-18-19(26-21(25-16)29-13-7-11-24-29)27-22(31-18)28-12-6-10-17(28)20(30)23-14-15-8-4-3-5-9-15/h3-5,7-9,11,13,17H,2,6,10,12,14H2,1H3,(H,23,30). The van der Waals surface area contributed by atoms with Crippen LogP contribution in [0.15, 0.2) is 48.8 Å². The Labute approximate surface area is 184 Å². The van der Waals surface area contributed by atoms with Crippen molar-refractivity contribution in [3.05, 3.63) is 60.0 Å². The van der Waals surface area contributed by atoms with E-state index in [-0.39, 0.29) is 11.9 Å². The van der Waals surface area contributed by atoms with Crippen LogP contribution < -0.4 is 10.2 Å². The molecule has 1 atom stereocenters. The molecule has 1 N–H and O–H groups in total. The number of nitrogens with zero attached hydrogens (tertiary/aromatic N) is 6. The maximum atomic E-state index is 12.9. The van der Waals surface area contributed by atoms with Crippen molar-refractivity contribution in [1.82, 2.24) is 30.0 Å². The van der Waals surface area contributed by atoms with Crippen molar-refractivity contribution in [2.24, 2.45) is 0 Å². The van der Waals surface area contributed by atoms with Gasteiger partial charge in [0.05, 0.1) is 10.4 Å². The van der Waals surface area contributed by atoms with Crippen LogP contribution in [0.25, 0.3) is 16.3 Å². The topological polar surface area (TPSA) is 88.8 Å². The zero-order valence-electron chi connectivity index (χ0n) is 17.2. The van der Waals surface area contributed by atoms with Gasteiger partial charge in [-0.05, 0) is 30.9 Å². The number of aryl methyl sites for hydroxylation is 1. The molecule has 4 heterocycles. The molecule has 4 aromatic rings. The van der Waals surface area contributed by atoms with Gasteiger partial charge in [0.25, 0.3) is 5.95 Å². The smallest absolute Gasteiger partial charge is 0.252 e. The summed E-state index contributed by atoms with van der Waals surface area (Å²) in [7, 11) is 0. The van der Waals surface area contributed by atoms with Crippen molar-refractivity contribution in [2.45, 2.75) is 38.8 Å². The van der Waals surface area contributed by atoms with Gasteiger partial charge in [-0.15, -0.1) is 0 Å². The molecule has 1 aliphatic rings. The Morgan fingerprint density at radius 3 is 2.84 bits per heavy atom. The Hall–Kier alpha value is -3.33. The molecule has 9 heteroatoms. The van der Waals surface area contributed by atoms with Gasteiger partial charge >= 0.3 is 0 Å². The number of thiazole rings is 1. The lowest BCUT2D eigenvalue weighted by molar-refractivity contribution is -0.122. The van der Waals surface area contributed by atoms with E-state index in [9.17, 15) is 4.79 Å². The largest absolute Gasteiger partial charge is 0.350 e. The number of fused-ring (bicyclic) bond motifs is 1. The molecule has 1 amide bonds.